The first-order valence-electron chi connectivity index (χ1n) is 6.91. The molecule has 6 nitrogen and oxygen atoms in total. The Morgan fingerprint density at radius 2 is 2.24 bits per heavy atom. The van der Waals surface area contributed by atoms with Gasteiger partial charge in [-0.2, -0.15) is 0 Å². The Morgan fingerprint density at radius 1 is 1.43 bits per heavy atom. The van der Waals surface area contributed by atoms with Gasteiger partial charge in [-0.05, 0) is 32.9 Å². The summed E-state index contributed by atoms with van der Waals surface area (Å²) in [7, 11) is 0. The van der Waals surface area contributed by atoms with Crippen LogP contribution in [0, 0.1) is 0 Å². The third-order valence-corrected chi connectivity index (χ3v) is 3.63. The van der Waals surface area contributed by atoms with E-state index in [1.165, 1.54) is 0 Å². The van der Waals surface area contributed by atoms with Gasteiger partial charge >= 0.3 is 0 Å². The lowest BCUT2D eigenvalue weighted by molar-refractivity contribution is -0.0758. The molecule has 0 spiro atoms. The van der Waals surface area contributed by atoms with E-state index in [0.29, 0.717) is 24.7 Å². The van der Waals surface area contributed by atoms with E-state index >= 15 is 0 Å². The SMILES string of the molecule is CC1CN(C(=O)c2cc(-c3ccco3)on2)C(C)(C)CO1. The zero-order valence-electron chi connectivity index (χ0n) is 12.3. The molecule has 1 unspecified atom stereocenters. The Morgan fingerprint density at radius 3 is 2.95 bits per heavy atom. The topological polar surface area (TPSA) is 68.7 Å². The fraction of sp³-hybridized carbons (Fsp3) is 0.467. The molecule has 6 heteroatoms. The number of nitrogens with zero attached hydrogens (tertiary/aromatic N) is 2. The quantitative estimate of drug-likeness (QED) is 0.850. The van der Waals surface area contributed by atoms with Gasteiger partial charge in [0, 0.05) is 12.6 Å². The predicted octanol–water partition coefficient (Wildman–Crippen LogP) is 2.57. The van der Waals surface area contributed by atoms with E-state index in [9.17, 15) is 4.79 Å². The molecule has 112 valence electrons. The molecule has 0 saturated carbocycles. The van der Waals surface area contributed by atoms with Gasteiger partial charge < -0.3 is 18.6 Å². The van der Waals surface area contributed by atoms with E-state index in [0.717, 1.165) is 0 Å². The van der Waals surface area contributed by atoms with Crippen LogP contribution in [0.5, 0.6) is 0 Å². The van der Waals surface area contributed by atoms with E-state index in [-0.39, 0.29) is 23.2 Å². The van der Waals surface area contributed by atoms with E-state index in [4.69, 9.17) is 13.7 Å². The fourth-order valence-electron chi connectivity index (χ4n) is 2.39. The van der Waals surface area contributed by atoms with Crippen molar-refractivity contribution in [1.29, 1.82) is 0 Å². The molecule has 1 fully saturated rings. The number of hydrogen-bond donors (Lipinski definition) is 0. The van der Waals surface area contributed by atoms with Crippen molar-refractivity contribution in [3.8, 4) is 11.5 Å². The zero-order valence-corrected chi connectivity index (χ0v) is 12.3. The summed E-state index contributed by atoms with van der Waals surface area (Å²) >= 11 is 0. The molecule has 1 amide bonds. The summed E-state index contributed by atoms with van der Waals surface area (Å²) in [4.78, 5) is 14.4. The van der Waals surface area contributed by atoms with Crippen LogP contribution in [0.3, 0.4) is 0 Å². The smallest absolute Gasteiger partial charge is 0.276 e. The summed E-state index contributed by atoms with van der Waals surface area (Å²) in [6, 6.07) is 5.12. The van der Waals surface area contributed by atoms with Crippen molar-refractivity contribution in [2.75, 3.05) is 13.2 Å². The second-order valence-electron chi connectivity index (χ2n) is 5.90. The van der Waals surface area contributed by atoms with Crippen LogP contribution >= 0.6 is 0 Å². The normalized spacial score (nSPS) is 21.5. The predicted molar refractivity (Wildman–Crippen MR) is 74.7 cm³/mol. The Hall–Kier alpha value is -2.08. The summed E-state index contributed by atoms with van der Waals surface area (Å²) < 4.78 is 16.1. The molecule has 1 aliphatic heterocycles. The summed E-state index contributed by atoms with van der Waals surface area (Å²) in [5.74, 6) is 0.843. The summed E-state index contributed by atoms with van der Waals surface area (Å²) in [5, 5.41) is 3.87. The molecule has 1 saturated heterocycles. The van der Waals surface area contributed by atoms with Gasteiger partial charge in [0.1, 0.15) is 0 Å². The molecule has 2 aromatic rings. The monoisotopic (exact) mass is 290 g/mol. The Bertz CT molecular complexity index is 630. The minimum atomic E-state index is -0.368. The van der Waals surface area contributed by atoms with Crippen LogP contribution in [0.2, 0.25) is 0 Å². The van der Waals surface area contributed by atoms with Crippen molar-refractivity contribution in [3.63, 3.8) is 0 Å². The van der Waals surface area contributed by atoms with Crippen LogP contribution in [0.25, 0.3) is 11.5 Å². The Kier molecular flexibility index (Phi) is 3.33. The number of rotatable bonds is 2. The molecule has 2 aromatic heterocycles. The van der Waals surface area contributed by atoms with Gasteiger partial charge in [0.15, 0.2) is 11.5 Å². The van der Waals surface area contributed by atoms with Crippen molar-refractivity contribution in [2.24, 2.45) is 0 Å². The lowest BCUT2D eigenvalue weighted by atomic mass is 10.0. The average molecular weight is 290 g/mol. The first-order chi connectivity index (χ1) is 9.97. The maximum Gasteiger partial charge on any atom is 0.276 e. The lowest BCUT2D eigenvalue weighted by Gasteiger charge is -2.44. The lowest BCUT2D eigenvalue weighted by Crippen LogP contribution is -2.57. The maximum absolute atomic E-state index is 12.7. The molecule has 1 atom stereocenters. The van der Waals surface area contributed by atoms with Gasteiger partial charge in [-0.15, -0.1) is 0 Å². The average Bonchev–Trinajstić information content (AvgIpc) is 3.10. The third kappa shape index (κ3) is 2.58. The number of carbonyl (C=O) groups is 1. The van der Waals surface area contributed by atoms with Crippen molar-refractivity contribution >= 4 is 5.91 Å². The highest BCUT2D eigenvalue weighted by Gasteiger charge is 2.38. The van der Waals surface area contributed by atoms with E-state index in [1.54, 1.807) is 29.4 Å². The summed E-state index contributed by atoms with van der Waals surface area (Å²) in [6.45, 7) is 6.94. The van der Waals surface area contributed by atoms with Crippen LogP contribution in [0.15, 0.2) is 33.4 Å². The van der Waals surface area contributed by atoms with E-state index in [1.807, 2.05) is 20.8 Å². The molecular formula is C15H18N2O4. The summed E-state index contributed by atoms with van der Waals surface area (Å²) in [5.41, 5.74) is -0.0866. The number of amides is 1. The largest absolute Gasteiger partial charge is 0.461 e. The van der Waals surface area contributed by atoms with Crippen LogP contribution in [0.4, 0.5) is 0 Å². The highest BCUT2D eigenvalue weighted by atomic mass is 16.5. The fourth-order valence-corrected chi connectivity index (χ4v) is 2.39. The van der Waals surface area contributed by atoms with Crippen LogP contribution in [-0.2, 0) is 4.74 Å². The molecule has 0 radical (unpaired) electrons. The number of furan rings is 1. The first-order valence-corrected chi connectivity index (χ1v) is 6.91. The molecule has 0 aromatic carbocycles. The molecular weight excluding hydrogens is 272 g/mol. The van der Waals surface area contributed by atoms with Crippen LogP contribution in [0.1, 0.15) is 31.3 Å². The van der Waals surface area contributed by atoms with Crippen molar-refractivity contribution in [3.05, 3.63) is 30.2 Å². The molecule has 21 heavy (non-hydrogen) atoms. The van der Waals surface area contributed by atoms with Gasteiger partial charge in [-0.3, -0.25) is 4.79 Å². The summed E-state index contributed by atoms with van der Waals surface area (Å²) in [6.07, 6.45) is 1.56. The molecule has 0 N–H and O–H groups in total. The number of ether oxygens (including phenoxy) is 1. The third-order valence-electron chi connectivity index (χ3n) is 3.63. The highest BCUT2D eigenvalue weighted by molar-refractivity contribution is 5.93. The number of carbonyl (C=O) groups excluding carboxylic acids is 1. The number of morpholine rings is 1. The molecule has 0 bridgehead atoms. The second-order valence-corrected chi connectivity index (χ2v) is 5.90. The van der Waals surface area contributed by atoms with Crippen LogP contribution in [-0.4, -0.2) is 40.8 Å². The van der Waals surface area contributed by atoms with E-state index < -0.39 is 0 Å². The zero-order chi connectivity index (χ0) is 15.0. The van der Waals surface area contributed by atoms with Crippen molar-refractivity contribution in [2.45, 2.75) is 32.4 Å². The molecule has 1 aliphatic rings. The van der Waals surface area contributed by atoms with Gasteiger partial charge in [0.05, 0.1) is 24.5 Å². The first kappa shape index (κ1) is 13.9. The van der Waals surface area contributed by atoms with Gasteiger partial charge in [0.25, 0.3) is 5.91 Å². The van der Waals surface area contributed by atoms with Crippen LogP contribution < -0.4 is 0 Å². The second kappa shape index (κ2) is 5.04. The Labute approximate surface area is 122 Å². The van der Waals surface area contributed by atoms with Gasteiger partial charge in [-0.1, -0.05) is 5.16 Å². The number of hydrogen-bond acceptors (Lipinski definition) is 5. The highest BCUT2D eigenvalue weighted by Crippen LogP contribution is 2.26. The van der Waals surface area contributed by atoms with Crippen molar-refractivity contribution < 1.29 is 18.5 Å². The van der Waals surface area contributed by atoms with Crippen molar-refractivity contribution in [1.82, 2.24) is 10.1 Å². The molecule has 3 heterocycles. The number of aromatic nitrogens is 1. The van der Waals surface area contributed by atoms with Gasteiger partial charge in [-0.25, -0.2) is 0 Å². The molecule has 0 aliphatic carbocycles. The molecule has 3 rings (SSSR count). The van der Waals surface area contributed by atoms with E-state index in [2.05, 4.69) is 5.16 Å². The minimum Gasteiger partial charge on any atom is -0.461 e. The minimum absolute atomic E-state index is 0.0124. The Balaban J connectivity index is 1.84. The van der Waals surface area contributed by atoms with Gasteiger partial charge in [0.2, 0.25) is 5.76 Å². The maximum atomic E-state index is 12.7. The standard InChI is InChI=1S/C15H18N2O4/c1-10-8-17(15(2,3)9-20-10)14(18)11-7-13(21-16-11)12-5-4-6-19-12/h4-7,10H,8-9H2,1-3H3.